The van der Waals surface area contributed by atoms with Gasteiger partial charge in [-0.1, -0.05) is 6.07 Å². The van der Waals surface area contributed by atoms with Crippen molar-refractivity contribution in [3.8, 4) is 10.7 Å². The van der Waals surface area contributed by atoms with Gasteiger partial charge in [-0.3, -0.25) is 0 Å². The van der Waals surface area contributed by atoms with Crippen molar-refractivity contribution in [1.29, 1.82) is 0 Å². The van der Waals surface area contributed by atoms with E-state index in [0.717, 1.165) is 10.7 Å². The Morgan fingerprint density at radius 3 is 3.24 bits per heavy atom. The summed E-state index contributed by atoms with van der Waals surface area (Å²) in [7, 11) is 0. The third kappa shape index (κ3) is 2.01. The normalized spacial score (nSPS) is 25.0. The maximum atomic E-state index is 10.0. The summed E-state index contributed by atoms with van der Waals surface area (Å²) < 4.78 is 7.47. The van der Waals surface area contributed by atoms with Crippen LogP contribution in [0, 0.1) is 0 Å². The first-order valence-electron chi connectivity index (χ1n) is 5.69. The van der Waals surface area contributed by atoms with Gasteiger partial charge < -0.3 is 14.4 Å². The summed E-state index contributed by atoms with van der Waals surface area (Å²) in [6.45, 7) is 1.19. The lowest BCUT2D eigenvalue weighted by atomic mass is 10.1. The molecule has 5 heteroatoms. The summed E-state index contributed by atoms with van der Waals surface area (Å²) in [4.78, 5) is 5.49. The molecule has 1 fully saturated rings. The van der Waals surface area contributed by atoms with Crippen molar-refractivity contribution in [2.24, 2.45) is 0 Å². The van der Waals surface area contributed by atoms with Crippen molar-refractivity contribution in [1.82, 2.24) is 9.55 Å². The summed E-state index contributed by atoms with van der Waals surface area (Å²) >= 11 is 1.65. The first-order chi connectivity index (χ1) is 8.36. The molecule has 1 N–H and O–H groups in total. The third-order valence-corrected chi connectivity index (χ3v) is 3.92. The number of hydrogen-bond acceptors (Lipinski definition) is 4. The van der Waals surface area contributed by atoms with Gasteiger partial charge >= 0.3 is 0 Å². The minimum absolute atomic E-state index is 0.0247. The SMILES string of the molecule is OC1CCOCC1n1ccnc1-c1cccs1. The number of rotatable bonds is 2. The second kappa shape index (κ2) is 4.60. The monoisotopic (exact) mass is 250 g/mol. The molecule has 1 saturated heterocycles. The highest BCUT2D eigenvalue weighted by Crippen LogP contribution is 2.29. The highest BCUT2D eigenvalue weighted by atomic mass is 32.1. The first-order valence-corrected chi connectivity index (χ1v) is 6.57. The molecule has 0 bridgehead atoms. The lowest BCUT2D eigenvalue weighted by Gasteiger charge is -2.29. The van der Waals surface area contributed by atoms with Crippen molar-refractivity contribution in [2.45, 2.75) is 18.6 Å². The van der Waals surface area contributed by atoms with Gasteiger partial charge in [0.2, 0.25) is 0 Å². The van der Waals surface area contributed by atoms with Gasteiger partial charge in [0, 0.05) is 19.0 Å². The molecule has 2 unspecified atom stereocenters. The molecule has 4 nitrogen and oxygen atoms in total. The molecule has 0 radical (unpaired) electrons. The van der Waals surface area contributed by atoms with Crippen LogP contribution >= 0.6 is 11.3 Å². The molecule has 17 heavy (non-hydrogen) atoms. The molecule has 0 aliphatic carbocycles. The molecule has 3 heterocycles. The predicted molar refractivity (Wildman–Crippen MR) is 66.0 cm³/mol. The molecule has 0 saturated carbocycles. The zero-order valence-corrected chi connectivity index (χ0v) is 10.1. The fraction of sp³-hybridized carbons (Fsp3) is 0.417. The molecule has 0 amide bonds. The van der Waals surface area contributed by atoms with E-state index in [9.17, 15) is 5.11 Å². The zero-order chi connectivity index (χ0) is 11.7. The molecular weight excluding hydrogens is 236 g/mol. The quantitative estimate of drug-likeness (QED) is 0.886. The number of aliphatic hydroxyl groups is 1. The smallest absolute Gasteiger partial charge is 0.150 e. The highest BCUT2D eigenvalue weighted by Gasteiger charge is 2.27. The molecular formula is C12H14N2O2S. The van der Waals surface area contributed by atoms with E-state index in [1.807, 2.05) is 28.3 Å². The second-order valence-electron chi connectivity index (χ2n) is 4.13. The van der Waals surface area contributed by atoms with Gasteiger partial charge in [0.1, 0.15) is 5.82 Å². The Labute approximate surface area is 103 Å². The standard InChI is InChI=1S/C12H14N2O2S/c15-10-3-6-16-8-9(10)14-5-4-13-12(14)11-2-1-7-17-11/h1-2,4-5,7,9-10,15H,3,6,8H2. The van der Waals surface area contributed by atoms with Crippen molar-refractivity contribution >= 4 is 11.3 Å². The van der Waals surface area contributed by atoms with Gasteiger partial charge in [-0.15, -0.1) is 11.3 Å². The van der Waals surface area contributed by atoms with Gasteiger partial charge in [0.25, 0.3) is 0 Å². The van der Waals surface area contributed by atoms with E-state index in [4.69, 9.17) is 4.74 Å². The van der Waals surface area contributed by atoms with Crippen LogP contribution in [-0.4, -0.2) is 34.0 Å². The summed E-state index contributed by atoms with van der Waals surface area (Å²) in [6, 6.07) is 4.02. The highest BCUT2D eigenvalue weighted by molar-refractivity contribution is 7.13. The van der Waals surface area contributed by atoms with Crippen LogP contribution in [0.3, 0.4) is 0 Å². The van der Waals surface area contributed by atoms with Crippen LogP contribution in [0.25, 0.3) is 10.7 Å². The maximum Gasteiger partial charge on any atom is 0.150 e. The molecule has 90 valence electrons. The number of aromatic nitrogens is 2. The second-order valence-corrected chi connectivity index (χ2v) is 5.08. The molecule has 3 rings (SSSR count). The molecule has 1 aliphatic rings. The Balaban J connectivity index is 1.95. The van der Waals surface area contributed by atoms with E-state index >= 15 is 0 Å². The van der Waals surface area contributed by atoms with Crippen molar-refractivity contribution < 1.29 is 9.84 Å². The van der Waals surface area contributed by atoms with E-state index in [2.05, 4.69) is 4.98 Å². The van der Waals surface area contributed by atoms with Gasteiger partial charge in [-0.25, -0.2) is 4.98 Å². The minimum Gasteiger partial charge on any atom is -0.391 e. The minimum atomic E-state index is -0.350. The van der Waals surface area contributed by atoms with Gasteiger partial charge in [-0.05, 0) is 17.9 Å². The van der Waals surface area contributed by atoms with Crippen LogP contribution in [0.15, 0.2) is 29.9 Å². The van der Waals surface area contributed by atoms with Crippen LogP contribution in [0.5, 0.6) is 0 Å². The Hall–Kier alpha value is -1.17. The third-order valence-electron chi connectivity index (χ3n) is 3.06. The average molecular weight is 250 g/mol. The summed E-state index contributed by atoms with van der Waals surface area (Å²) in [5.41, 5.74) is 0. The maximum absolute atomic E-state index is 10.0. The number of thiophene rings is 1. The van der Waals surface area contributed by atoms with Gasteiger partial charge in [0.05, 0.1) is 23.6 Å². The van der Waals surface area contributed by atoms with Crippen LogP contribution in [0.4, 0.5) is 0 Å². The molecule has 1 aliphatic heterocycles. The van der Waals surface area contributed by atoms with E-state index < -0.39 is 0 Å². The van der Waals surface area contributed by atoms with E-state index in [0.29, 0.717) is 19.6 Å². The summed E-state index contributed by atoms with van der Waals surface area (Å²) in [6.07, 6.45) is 4.03. The number of ether oxygens (including phenoxy) is 1. The van der Waals surface area contributed by atoms with Crippen LogP contribution in [-0.2, 0) is 4.74 Å². The lowest BCUT2D eigenvalue weighted by Crippen LogP contribution is -2.34. The summed E-state index contributed by atoms with van der Waals surface area (Å²) in [5, 5.41) is 12.1. The Morgan fingerprint density at radius 1 is 1.53 bits per heavy atom. The van der Waals surface area contributed by atoms with Gasteiger partial charge in [0.15, 0.2) is 0 Å². The fourth-order valence-corrected chi connectivity index (χ4v) is 2.88. The molecule has 2 aromatic heterocycles. The Morgan fingerprint density at radius 2 is 2.47 bits per heavy atom. The molecule has 0 aromatic carbocycles. The van der Waals surface area contributed by atoms with Crippen molar-refractivity contribution in [3.05, 3.63) is 29.9 Å². The molecule has 2 atom stereocenters. The Bertz CT molecular complexity index is 480. The zero-order valence-electron chi connectivity index (χ0n) is 9.32. The largest absolute Gasteiger partial charge is 0.391 e. The fourth-order valence-electron chi connectivity index (χ4n) is 2.15. The summed E-state index contributed by atoms with van der Waals surface area (Å²) in [5.74, 6) is 0.912. The molecule has 2 aromatic rings. The first kappa shape index (κ1) is 11.0. The van der Waals surface area contributed by atoms with Crippen LogP contribution in [0.1, 0.15) is 12.5 Å². The number of nitrogens with zero attached hydrogens (tertiary/aromatic N) is 2. The van der Waals surface area contributed by atoms with E-state index in [-0.39, 0.29) is 12.1 Å². The molecule has 0 spiro atoms. The number of imidazole rings is 1. The number of hydrogen-bond donors (Lipinski definition) is 1. The predicted octanol–water partition coefficient (Wildman–Crippen LogP) is 1.93. The number of aliphatic hydroxyl groups excluding tert-OH is 1. The lowest BCUT2D eigenvalue weighted by molar-refractivity contribution is -0.0285. The van der Waals surface area contributed by atoms with Crippen molar-refractivity contribution in [2.75, 3.05) is 13.2 Å². The van der Waals surface area contributed by atoms with E-state index in [1.165, 1.54) is 0 Å². The topological polar surface area (TPSA) is 47.3 Å². The van der Waals surface area contributed by atoms with Crippen molar-refractivity contribution in [3.63, 3.8) is 0 Å². The Kier molecular flexibility index (Phi) is 2.96. The van der Waals surface area contributed by atoms with Crippen LogP contribution in [0.2, 0.25) is 0 Å². The average Bonchev–Trinajstić information content (AvgIpc) is 3.00. The van der Waals surface area contributed by atoms with Gasteiger partial charge in [-0.2, -0.15) is 0 Å². The van der Waals surface area contributed by atoms with Crippen LogP contribution < -0.4 is 0 Å². The van der Waals surface area contributed by atoms with E-state index in [1.54, 1.807) is 17.5 Å².